The van der Waals surface area contributed by atoms with Gasteiger partial charge in [-0.15, -0.1) is 0 Å². The van der Waals surface area contributed by atoms with Crippen LogP contribution in [0.2, 0.25) is 0 Å². The number of carbonyl (C=O) groups excluding carboxylic acids is 1. The molecule has 2 heteroatoms. The third kappa shape index (κ3) is 2.74. The summed E-state index contributed by atoms with van der Waals surface area (Å²) in [6, 6.07) is 0. The number of hydrogen-bond acceptors (Lipinski definition) is 2. The van der Waals surface area contributed by atoms with Crippen LogP contribution >= 0.6 is 0 Å². The molecule has 0 aromatic rings. The molecule has 0 amide bonds. The molecule has 3 fully saturated rings. The van der Waals surface area contributed by atoms with E-state index in [0.717, 1.165) is 48.9 Å². The van der Waals surface area contributed by atoms with Crippen molar-refractivity contribution in [1.82, 2.24) is 0 Å². The van der Waals surface area contributed by atoms with Crippen molar-refractivity contribution in [3.8, 4) is 0 Å². The van der Waals surface area contributed by atoms with Crippen LogP contribution in [0, 0.1) is 40.4 Å². The Morgan fingerprint density at radius 1 is 1.12 bits per heavy atom. The van der Waals surface area contributed by atoms with Gasteiger partial charge in [0.15, 0.2) is 5.78 Å². The predicted molar refractivity (Wildman–Crippen MR) is 106 cm³/mol. The van der Waals surface area contributed by atoms with Crippen molar-refractivity contribution in [2.24, 2.45) is 40.4 Å². The summed E-state index contributed by atoms with van der Waals surface area (Å²) >= 11 is 0. The van der Waals surface area contributed by atoms with E-state index in [4.69, 9.17) is 0 Å². The number of ketones is 1. The second-order valence-electron chi connectivity index (χ2n) is 10.5. The van der Waals surface area contributed by atoms with E-state index in [1.165, 1.54) is 50.5 Å². The highest BCUT2D eigenvalue weighted by atomic mass is 16.2. The summed E-state index contributed by atoms with van der Waals surface area (Å²) in [7, 11) is 0. The lowest BCUT2D eigenvalue weighted by molar-refractivity contribution is -0.117. The van der Waals surface area contributed by atoms with E-state index in [9.17, 15) is 9.90 Å². The van der Waals surface area contributed by atoms with Crippen LogP contribution in [0.25, 0.3) is 0 Å². The van der Waals surface area contributed by atoms with Crippen LogP contribution in [-0.4, -0.2) is 17.5 Å². The molecule has 0 aliphatic heterocycles. The van der Waals surface area contributed by atoms with Crippen molar-refractivity contribution in [2.45, 2.75) is 85.0 Å². The normalized spacial score (nSPS) is 46.2. The van der Waals surface area contributed by atoms with E-state index in [1.807, 2.05) is 6.08 Å². The van der Waals surface area contributed by atoms with Crippen LogP contribution in [0.5, 0.6) is 0 Å². The highest BCUT2D eigenvalue weighted by Gasteiger charge is 2.59. The Kier molecular flexibility index (Phi) is 4.87. The maximum Gasteiger partial charge on any atom is 0.155 e. The molecule has 0 spiro atoms. The molecule has 26 heavy (non-hydrogen) atoms. The van der Waals surface area contributed by atoms with Crippen molar-refractivity contribution < 1.29 is 9.90 Å². The minimum atomic E-state index is 0.304. The molecule has 146 valence electrons. The summed E-state index contributed by atoms with van der Waals surface area (Å²) in [6.45, 7) is 7.88. The molecule has 1 N–H and O–H groups in total. The van der Waals surface area contributed by atoms with Gasteiger partial charge in [0, 0.05) is 13.0 Å². The lowest BCUT2D eigenvalue weighted by atomic mass is 9.46. The Morgan fingerprint density at radius 3 is 2.69 bits per heavy atom. The third-order valence-electron chi connectivity index (χ3n) is 9.54. The highest BCUT2D eigenvalue weighted by molar-refractivity contribution is 5.91. The molecule has 0 heterocycles. The SMILES string of the molecule is C[C@@H](CCCO)[C@@H]1CC[C@@H]2[C@H]3CCC4=CC(=O)CC[C@]4(C)[C@@H]3CC[C@]21C. The van der Waals surface area contributed by atoms with Gasteiger partial charge < -0.3 is 5.11 Å². The molecular weight excluding hydrogens is 320 g/mol. The molecule has 0 unspecified atom stereocenters. The predicted octanol–water partition coefficient (Wildman–Crippen LogP) is 5.54. The monoisotopic (exact) mass is 358 g/mol. The van der Waals surface area contributed by atoms with Gasteiger partial charge in [0.05, 0.1) is 0 Å². The molecule has 3 saturated carbocycles. The Morgan fingerprint density at radius 2 is 1.92 bits per heavy atom. The number of rotatable bonds is 4. The Bertz CT molecular complexity index is 593. The second kappa shape index (κ2) is 6.76. The number of hydrogen-bond donors (Lipinski definition) is 1. The summed E-state index contributed by atoms with van der Waals surface area (Å²) in [6.07, 6.45) is 14.1. The molecule has 0 aromatic carbocycles. The van der Waals surface area contributed by atoms with E-state index < -0.39 is 0 Å². The smallest absolute Gasteiger partial charge is 0.155 e. The zero-order valence-electron chi connectivity index (χ0n) is 17.1. The molecule has 4 aliphatic carbocycles. The van der Waals surface area contributed by atoms with E-state index in [2.05, 4.69) is 20.8 Å². The Hall–Kier alpha value is -0.630. The zero-order chi connectivity index (χ0) is 18.5. The lowest BCUT2D eigenvalue weighted by Crippen LogP contribution is -2.50. The van der Waals surface area contributed by atoms with E-state index in [-0.39, 0.29) is 0 Å². The van der Waals surface area contributed by atoms with E-state index in [0.29, 0.717) is 23.2 Å². The van der Waals surface area contributed by atoms with Crippen LogP contribution in [0.3, 0.4) is 0 Å². The van der Waals surface area contributed by atoms with Crippen molar-refractivity contribution >= 4 is 5.78 Å². The topological polar surface area (TPSA) is 37.3 Å². The van der Waals surface area contributed by atoms with Gasteiger partial charge in [-0.25, -0.2) is 0 Å². The molecule has 4 aliphatic rings. The summed E-state index contributed by atoms with van der Waals surface area (Å²) in [5, 5.41) is 9.24. The summed E-state index contributed by atoms with van der Waals surface area (Å²) < 4.78 is 0. The van der Waals surface area contributed by atoms with E-state index >= 15 is 0 Å². The van der Waals surface area contributed by atoms with Gasteiger partial charge in [-0.05, 0) is 104 Å². The number of allylic oxidation sites excluding steroid dienone is 1. The standard InChI is InChI=1S/C24H38O2/c1-16(5-4-14-25)20-8-9-21-19-7-6-17-15-18(26)10-12-23(17,2)22(19)11-13-24(20,21)3/h15-16,19-22,25H,4-14H2,1-3H3/t16-,19+,20-,21+,22+,23-,24-/m0/s1. The van der Waals surface area contributed by atoms with Gasteiger partial charge in [0.2, 0.25) is 0 Å². The van der Waals surface area contributed by atoms with Gasteiger partial charge in [-0.3, -0.25) is 4.79 Å². The second-order valence-corrected chi connectivity index (χ2v) is 10.5. The van der Waals surface area contributed by atoms with E-state index in [1.54, 1.807) is 0 Å². The van der Waals surface area contributed by atoms with Crippen LogP contribution in [0.15, 0.2) is 11.6 Å². The fourth-order valence-electron chi connectivity index (χ4n) is 8.15. The molecule has 0 saturated heterocycles. The molecule has 0 bridgehead atoms. The molecule has 4 rings (SSSR count). The summed E-state index contributed by atoms with van der Waals surface area (Å²) in [5.74, 6) is 4.53. The first kappa shape index (κ1) is 18.7. The number of carbonyl (C=O) groups is 1. The Labute approximate surface area is 159 Å². The molecule has 0 aromatic heterocycles. The van der Waals surface area contributed by atoms with Gasteiger partial charge in [0.1, 0.15) is 0 Å². The number of aliphatic hydroxyl groups is 1. The third-order valence-corrected chi connectivity index (χ3v) is 9.54. The average molecular weight is 359 g/mol. The number of fused-ring (bicyclic) bond motifs is 5. The van der Waals surface area contributed by atoms with Crippen LogP contribution in [0.1, 0.15) is 85.0 Å². The van der Waals surface area contributed by atoms with Gasteiger partial charge in [0.25, 0.3) is 0 Å². The first-order chi connectivity index (χ1) is 12.4. The summed E-state index contributed by atoms with van der Waals surface area (Å²) in [5.41, 5.74) is 2.31. The maximum absolute atomic E-state index is 12.0. The highest BCUT2D eigenvalue weighted by Crippen LogP contribution is 2.67. The van der Waals surface area contributed by atoms with Crippen molar-refractivity contribution in [2.75, 3.05) is 6.61 Å². The molecule has 0 radical (unpaired) electrons. The van der Waals surface area contributed by atoms with Crippen molar-refractivity contribution in [1.29, 1.82) is 0 Å². The fraction of sp³-hybridized carbons (Fsp3) is 0.875. The maximum atomic E-state index is 12.0. The quantitative estimate of drug-likeness (QED) is 0.716. The van der Waals surface area contributed by atoms with Crippen LogP contribution in [-0.2, 0) is 4.79 Å². The largest absolute Gasteiger partial charge is 0.396 e. The van der Waals surface area contributed by atoms with Crippen LogP contribution < -0.4 is 0 Å². The average Bonchev–Trinajstić information content (AvgIpc) is 2.97. The van der Waals surface area contributed by atoms with Crippen LogP contribution in [0.4, 0.5) is 0 Å². The van der Waals surface area contributed by atoms with Gasteiger partial charge in [-0.2, -0.15) is 0 Å². The lowest BCUT2D eigenvalue weighted by Gasteiger charge is -2.58. The fourth-order valence-corrected chi connectivity index (χ4v) is 8.15. The minimum Gasteiger partial charge on any atom is -0.396 e. The molecular formula is C24H38O2. The van der Waals surface area contributed by atoms with Gasteiger partial charge >= 0.3 is 0 Å². The number of aliphatic hydroxyl groups excluding tert-OH is 1. The summed E-state index contributed by atoms with van der Waals surface area (Å²) in [4.78, 5) is 12.0. The Balaban J connectivity index is 1.56. The first-order valence-electron chi connectivity index (χ1n) is 11.2. The zero-order valence-corrected chi connectivity index (χ0v) is 17.1. The first-order valence-corrected chi connectivity index (χ1v) is 11.2. The van der Waals surface area contributed by atoms with Crippen molar-refractivity contribution in [3.63, 3.8) is 0 Å². The van der Waals surface area contributed by atoms with Gasteiger partial charge in [-0.1, -0.05) is 26.3 Å². The minimum absolute atomic E-state index is 0.304. The van der Waals surface area contributed by atoms with Crippen molar-refractivity contribution in [3.05, 3.63) is 11.6 Å². The molecule has 7 atom stereocenters. The molecule has 2 nitrogen and oxygen atoms in total.